The summed E-state index contributed by atoms with van der Waals surface area (Å²) in [5, 5.41) is 7.32. The number of benzene rings is 9. The minimum absolute atomic E-state index is 0.631. The summed E-state index contributed by atoms with van der Waals surface area (Å²) in [6.45, 7) is 0. The van der Waals surface area contributed by atoms with Crippen molar-refractivity contribution in [2.45, 2.75) is 5.41 Å². The van der Waals surface area contributed by atoms with Crippen molar-refractivity contribution >= 4 is 43.4 Å². The van der Waals surface area contributed by atoms with Gasteiger partial charge in [0.1, 0.15) is 0 Å². The van der Waals surface area contributed by atoms with Gasteiger partial charge in [-0.3, -0.25) is 0 Å². The van der Waals surface area contributed by atoms with Gasteiger partial charge < -0.3 is 4.57 Å². The number of fused-ring (bicyclic) bond motifs is 10. The summed E-state index contributed by atoms with van der Waals surface area (Å²) in [7, 11) is 0. The highest BCUT2D eigenvalue weighted by Crippen LogP contribution is 2.61. The maximum absolute atomic E-state index is 5.38. The van der Waals surface area contributed by atoms with Crippen LogP contribution in [0.2, 0.25) is 0 Å². The topological polar surface area (TPSA) is 30.7 Å². The number of hydrogen-bond acceptors (Lipinski definition) is 2. The molecule has 2 heterocycles. The van der Waals surface area contributed by atoms with Gasteiger partial charge in [-0.15, -0.1) is 0 Å². The van der Waals surface area contributed by atoms with Crippen LogP contribution in [0.5, 0.6) is 0 Å². The summed E-state index contributed by atoms with van der Waals surface area (Å²) < 4.78 is 2.43. The second-order valence-corrected chi connectivity index (χ2v) is 15.3. The van der Waals surface area contributed by atoms with Crippen molar-refractivity contribution in [1.82, 2.24) is 14.5 Å². The average Bonchev–Trinajstić information content (AvgIpc) is 3.79. The normalized spacial score (nSPS) is 13.0. The molecule has 1 aliphatic carbocycles. The molecule has 0 radical (unpaired) electrons. The molecule has 0 saturated heterocycles. The zero-order chi connectivity index (χ0) is 38.2. The Bertz CT molecular complexity index is 3330. The monoisotopic (exact) mass is 737 g/mol. The van der Waals surface area contributed by atoms with Gasteiger partial charge in [0.2, 0.25) is 0 Å². The van der Waals surface area contributed by atoms with E-state index in [4.69, 9.17) is 9.97 Å². The van der Waals surface area contributed by atoms with E-state index in [2.05, 4.69) is 193 Å². The predicted molar refractivity (Wildman–Crippen MR) is 240 cm³/mol. The quantitative estimate of drug-likeness (QED) is 0.176. The summed E-state index contributed by atoms with van der Waals surface area (Å²) in [6.07, 6.45) is 2.03. The third-order valence-corrected chi connectivity index (χ3v) is 12.3. The van der Waals surface area contributed by atoms with Gasteiger partial charge in [0.15, 0.2) is 5.82 Å². The highest BCUT2D eigenvalue weighted by molar-refractivity contribution is 6.19. The lowest BCUT2D eigenvalue weighted by Gasteiger charge is -2.35. The van der Waals surface area contributed by atoms with Crippen LogP contribution in [0.3, 0.4) is 0 Å². The molecule has 2 aromatic heterocycles. The smallest absolute Gasteiger partial charge is 0.159 e. The third kappa shape index (κ3) is 4.62. The van der Waals surface area contributed by atoms with Gasteiger partial charge in [0.05, 0.1) is 34.0 Å². The minimum Gasteiger partial charge on any atom is -0.306 e. The third-order valence-electron chi connectivity index (χ3n) is 12.3. The zero-order valence-corrected chi connectivity index (χ0v) is 31.5. The molecule has 9 aromatic carbocycles. The lowest BCUT2D eigenvalue weighted by atomic mass is 9.66. The number of rotatable bonds is 5. The van der Waals surface area contributed by atoms with Gasteiger partial charge in [0, 0.05) is 21.9 Å². The van der Waals surface area contributed by atoms with Crippen molar-refractivity contribution in [2.24, 2.45) is 0 Å². The molecule has 0 saturated carbocycles. The molecule has 12 rings (SSSR count). The Labute approximate surface area is 336 Å². The van der Waals surface area contributed by atoms with Crippen LogP contribution in [0.1, 0.15) is 22.3 Å². The van der Waals surface area contributed by atoms with E-state index in [1.54, 1.807) is 0 Å². The zero-order valence-electron chi connectivity index (χ0n) is 31.5. The fraction of sp³-hybridized carbons (Fsp3) is 0.0182. The summed E-state index contributed by atoms with van der Waals surface area (Å²) in [5.41, 5.74) is 13.1. The molecule has 1 aliphatic rings. The molecule has 270 valence electrons. The Balaban J connectivity index is 1.29. The molecule has 0 bridgehead atoms. The van der Waals surface area contributed by atoms with Gasteiger partial charge in [0.25, 0.3) is 0 Å². The Morgan fingerprint density at radius 1 is 0.414 bits per heavy atom. The molecule has 3 heteroatoms. The van der Waals surface area contributed by atoms with Crippen molar-refractivity contribution in [3.8, 4) is 39.5 Å². The van der Waals surface area contributed by atoms with E-state index in [-0.39, 0.29) is 0 Å². The maximum Gasteiger partial charge on any atom is 0.159 e. The molecule has 58 heavy (non-hydrogen) atoms. The average molecular weight is 738 g/mol. The molecule has 0 amide bonds. The standard InChI is InChI=1S/C55H35N3/c1-5-18-37(19-6-1)53-49(35-56-54(57-53)38-20-7-2-8-21-38)58-47-32-31-45-44-30-29-36-17-15-16-28-43(36)51(44)55(41-24-9-3-10-25-41,42-26-11-4-12-27-42)52(45)50(47)46-33-39-22-13-14-23-40(39)34-48(46)58/h1-35H. The number of nitrogens with zero attached hydrogens (tertiary/aromatic N) is 3. The molecule has 11 aromatic rings. The summed E-state index contributed by atoms with van der Waals surface area (Å²) in [6, 6.07) is 74.9. The van der Waals surface area contributed by atoms with Gasteiger partial charge in [-0.1, -0.05) is 188 Å². The first-order valence-electron chi connectivity index (χ1n) is 19.9. The molecule has 0 fully saturated rings. The van der Waals surface area contributed by atoms with Gasteiger partial charge in [-0.25, -0.2) is 9.97 Å². The first-order valence-corrected chi connectivity index (χ1v) is 19.9. The second-order valence-electron chi connectivity index (χ2n) is 15.3. The van der Waals surface area contributed by atoms with E-state index in [9.17, 15) is 0 Å². The fourth-order valence-corrected chi connectivity index (χ4v) is 9.89. The van der Waals surface area contributed by atoms with Crippen molar-refractivity contribution < 1.29 is 0 Å². The van der Waals surface area contributed by atoms with E-state index in [1.165, 1.54) is 65.7 Å². The SMILES string of the molecule is c1ccc(-c2ncc(-n3c4cc5ccccc5cc4c4c5c(ccc43)-c3ccc4ccccc4c3C5(c3ccccc3)c3ccccc3)c(-c3ccccc3)n2)cc1. The Morgan fingerprint density at radius 2 is 0.966 bits per heavy atom. The van der Waals surface area contributed by atoms with E-state index in [0.29, 0.717) is 5.82 Å². The highest BCUT2D eigenvalue weighted by Gasteiger charge is 2.49. The fourth-order valence-electron chi connectivity index (χ4n) is 9.89. The van der Waals surface area contributed by atoms with Crippen molar-refractivity contribution in [3.63, 3.8) is 0 Å². The van der Waals surface area contributed by atoms with Crippen molar-refractivity contribution in [3.05, 3.63) is 235 Å². The van der Waals surface area contributed by atoms with Crippen LogP contribution in [-0.4, -0.2) is 14.5 Å². The van der Waals surface area contributed by atoms with Gasteiger partial charge in [-0.2, -0.15) is 0 Å². The van der Waals surface area contributed by atoms with Crippen molar-refractivity contribution in [1.29, 1.82) is 0 Å². The summed E-state index contributed by atoms with van der Waals surface area (Å²) >= 11 is 0. The van der Waals surface area contributed by atoms with Crippen LogP contribution in [0.15, 0.2) is 212 Å². The lowest BCUT2D eigenvalue weighted by Crippen LogP contribution is -2.29. The number of aromatic nitrogens is 3. The molecule has 0 spiro atoms. The van der Waals surface area contributed by atoms with E-state index in [1.807, 2.05) is 24.4 Å². The molecule has 0 N–H and O–H groups in total. The highest BCUT2D eigenvalue weighted by atomic mass is 15.0. The molecular formula is C55H35N3. The van der Waals surface area contributed by atoms with E-state index < -0.39 is 5.41 Å². The Morgan fingerprint density at radius 3 is 1.66 bits per heavy atom. The first-order chi connectivity index (χ1) is 28.8. The maximum atomic E-state index is 5.38. The Hall–Kier alpha value is -7.62. The minimum atomic E-state index is -0.631. The molecular weight excluding hydrogens is 703 g/mol. The van der Waals surface area contributed by atoms with E-state index in [0.717, 1.165) is 33.5 Å². The van der Waals surface area contributed by atoms with Crippen LogP contribution in [-0.2, 0) is 5.41 Å². The van der Waals surface area contributed by atoms with Crippen LogP contribution in [0, 0.1) is 0 Å². The predicted octanol–water partition coefficient (Wildman–Crippen LogP) is 13.6. The van der Waals surface area contributed by atoms with Gasteiger partial charge >= 0.3 is 0 Å². The van der Waals surface area contributed by atoms with Crippen LogP contribution in [0.4, 0.5) is 0 Å². The van der Waals surface area contributed by atoms with Gasteiger partial charge in [-0.05, 0) is 73.1 Å². The summed E-state index contributed by atoms with van der Waals surface area (Å²) in [5.74, 6) is 0.699. The Kier molecular flexibility index (Phi) is 7.14. The van der Waals surface area contributed by atoms with Crippen LogP contribution < -0.4 is 0 Å². The van der Waals surface area contributed by atoms with Crippen molar-refractivity contribution in [2.75, 3.05) is 0 Å². The van der Waals surface area contributed by atoms with Crippen LogP contribution >= 0.6 is 0 Å². The van der Waals surface area contributed by atoms with E-state index >= 15 is 0 Å². The summed E-state index contributed by atoms with van der Waals surface area (Å²) in [4.78, 5) is 10.5. The lowest BCUT2D eigenvalue weighted by molar-refractivity contribution is 0.783. The van der Waals surface area contributed by atoms with Crippen LogP contribution in [0.25, 0.3) is 82.8 Å². The number of hydrogen-bond donors (Lipinski definition) is 0. The second kappa shape index (κ2) is 12.7. The molecule has 0 unspecified atom stereocenters. The largest absolute Gasteiger partial charge is 0.306 e. The molecule has 3 nitrogen and oxygen atoms in total. The molecule has 0 atom stereocenters. The molecule has 0 aliphatic heterocycles. The first kappa shape index (κ1) is 32.6.